The molecule has 0 aliphatic heterocycles. The highest BCUT2D eigenvalue weighted by Gasteiger charge is 2.16. The fourth-order valence-electron chi connectivity index (χ4n) is 1.22. The lowest BCUT2D eigenvalue weighted by Gasteiger charge is -2.19. The second-order valence-electron chi connectivity index (χ2n) is 4.85. The lowest BCUT2D eigenvalue weighted by Crippen LogP contribution is -2.26. The largest absolute Gasteiger partial charge is 0.444 e. The molecular weight excluding hydrogens is 248 g/mol. The summed E-state index contributed by atoms with van der Waals surface area (Å²) in [4.78, 5) is 11.5. The van der Waals surface area contributed by atoms with Gasteiger partial charge in [0.25, 0.3) is 0 Å². The minimum absolute atomic E-state index is 0.429. The first-order valence-electron chi connectivity index (χ1n) is 5.86. The smallest absolute Gasteiger partial charge is 0.412 e. The Kier molecular flexibility index (Phi) is 5.37. The van der Waals surface area contributed by atoms with Crippen LogP contribution in [-0.2, 0) is 4.74 Å². The minimum Gasteiger partial charge on any atom is -0.444 e. The molecule has 0 spiro atoms. The highest BCUT2D eigenvalue weighted by Crippen LogP contribution is 2.22. The Morgan fingerprint density at radius 2 is 2.28 bits per heavy atom. The van der Waals surface area contributed by atoms with Crippen LogP contribution >= 0.6 is 11.3 Å². The molecule has 0 bridgehead atoms. The van der Waals surface area contributed by atoms with E-state index in [0.29, 0.717) is 6.54 Å². The van der Waals surface area contributed by atoms with Gasteiger partial charge in [0.05, 0.1) is 5.00 Å². The summed E-state index contributed by atoms with van der Waals surface area (Å²) >= 11 is 1.47. The van der Waals surface area contributed by atoms with Crippen molar-refractivity contribution >= 4 is 28.5 Å². The average Bonchev–Trinajstić information content (AvgIpc) is 2.63. The van der Waals surface area contributed by atoms with Crippen molar-refractivity contribution in [3.8, 4) is 0 Å². The quantitative estimate of drug-likeness (QED) is 0.879. The number of hydrogen-bond acceptors (Lipinski definition) is 4. The van der Waals surface area contributed by atoms with Crippen LogP contribution in [0.15, 0.2) is 17.5 Å². The van der Waals surface area contributed by atoms with Gasteiger partial charge in [0.15, 0.2) is 0 Å². The lowest BCUT2D eigenvalue weighted by atomic mass is 10.2. The Bertz CT molecular complexity index is 419. The van der Waals surface area contributed by atoms with Crippen LogP contribution in [0.1, 0.15) is 32.8 Å². The first-order chi connectivity index (χ1) is 8.40. The SMILES string of the molecule is CC(C)(C)OC(=O)Nc1cc(C=CCCN)cs1. The molecule has 0 aliphatic carbocycles. The summed E-state index contributed by atoms with van der Waals surface area (Å²) in [5.41, 5.74) is 5.97. The van der Waals surface area contributed by atoms with Crippen molar-refractivity contribution in [1.29, 1.82) is 0 Å². The second-order valence-corrected chi connectivity index (χ2v) is 5.76. The summed E-state index contributed by atoms with van der Waals surface area (Å²) in [6.07, 6.45) is 4.43. The van der Waals surface area contributed by atoms with Crippen molar-refractivity contribution in [2.24, 2.45) is 5.73 Å². The van der Waals surface area contributed by atoms with E-state index in [-0.39, 0.29) is 0 Å². The number of amides is 1. The van der Waals surface area contributed by atoms with E-state index in [2.05, 4.69) is 5.32 Å². The Morgan fingerprint density at radius 3 is 2.89 bits per heavy atom. The topological polar surface area (TPSA) is 64.3 Å². The van der Waals surface area contributed by atoms with Gasteiger partial charge < -0.3 is 10.5 Å². The van der Waals surface area contributed by atoms with Crippen molar-refractivity contribution < 1.29 is 9.53 Å². The maximum atomic E-state index is 11.5. The first kappa shape index (κ1) is 14.7. The van der Waals surface area contributed by atoms with Crippen LogP contribution in [0.3, 0.4) is 0 Å². The molecule has 1 rings (SSSR count). The van der Waals surface area contributed by atoms with Gasteiger partial charge in [0, 0.05) is 5.38 Å². The molecule has 1 aromatic rings. The third-order valence-electron chi connectivity index (χ3n) is 1.89. The van der Waals surface area contributed by atoms with Crippen LogP contribution in [0, 0.1) is 0 Å². The van der Waals surface area contributed by atoms with Gasteiger partial charge in [-0.15, -0.1) is 11.3 Å². The van der Waals surface area contributed by atoms with E-state index >= 15 is 0 Å². The van der Waals surface area contributed by atoms with E-state index < -0.39 is 11.7 Å². The third kappa shape index (κ3) is 5.84. The van der Waals surface area contributed by atoms with Gasteiger partial charge >= 0.3 is 6.09 Å². The Labute approximate surface area is 112 Å². The molecule has 4 nitrogen and oxygen atoms in total. The summed E-state index contributed by atoms with van der Waals surface area (Å²) < 4.78 is 5.17. The number of nitrogens with two attached hydrogens (primary N) is 1. The minimum atomic E-state index is -0.481. The zero-order chi connectivity index (χ0) is 13.6. The summed E-state index contributed by atoms with van der Waals surface area (Å²) in [5.74, 6) is 0. The number of carbonyl (C=O) groups excluding carboxylic acids is 1. The maximum Gasteiger partial charge on any atom is 0.412 e. The number of nitrogens with one attached hydrogen (secondary N) is 1. The van der Waals surface area contributed by atoms with E-state index in [9.17, 15) is 4.79 Å². The molecule has 0 saturated carbocycles. The molecule has 3 N–H and O–H groups in total. The van der Waals surface area contributed by atoms with Gasteiger partial charge in [-0.1, -0.05) is 12.2 Å². The molecule has 0 atom stereocenters. The number of rotatable bonds is 4. The molecule has 1 aromatic heterocycles. The molecule has 18 heavy (non-hydrogen) atoms. The molecular formula is C13H20N2O2S. The monoisotopic (exact) mass is 268 g/mol. The van der Waals surface area contributed by atoms with Crippen LogP contribution < -0.4 is 11.1 Å². The highest BCUT2D eigenvalue weighted by molar-refractivity contribution is 7.14. The zero-order valence-corrected chi connectivity index (χ0v) is 11.8. The maximum absolute atomic E-state index is 11.5. The average molecular weight is 268 g/mol. The molecule has 0 fully saturated rings. The molecule has 100 valence electrons. The Balaban J connectivity index is 2.51. The molecule has 1 heterocycles. The normalized spacial score (nSPS) is 11.8. The van der Waals surface area contributed by atoms with Gasteiger partial charge in [-0.2, -0.15) is 0 Å². The van der Waals surface area contributed by atoms with E-state index in [0.717, 1.165) is 17.0 Å². The number of ether oxygens (including phenoxy) is 1. The van der Waals surface area contributed by atoms with Gasteiger partial charge in [0.2, 0.25) is 0 Å². The molecule has 0 unspecified atom stereocenters. The second kappa shape index (κ2) is 6.56. The summed E-state index contributed by atoms with van der Waals surface area (Å²) in [6.45, 7) is 6.15. The number of thiophene rings is 1. The van der Waals surface area contributed by atoms with Gasteiger partial charge in [-0.25, -0.2) is 4.79 Å². The molecule has 1 amide bonds. The van der Waals surface area contributed by atoms with E-state index in [1.807, 2.05) is 44.4 Å². The fraction of sp³-hybridized carbons (Fsp3) is 0.462. The van der Waals surface area contributed by atoms with Gasteiger partial charge in [-0.3, -0.25) is 5.32 Å². The van der Waals surface area contributed by atoms with E-state index in [4.69, 9.17) is 10.5 Å². The third-order valence-corrected chi connectivity index (χ3v) is 2.75. The van der Waals surface area contributed by atoms with Crippen molar-refractivity contribution in [3.63, 3.8) is 0 Å². The van der Waals surface area contributed by atoms with Crippen molar-refractivity contribution in [2.75, 3.05) is 11.9 Å². The van der Waals surface area contributed by atoms with E-state index in [1.165, 1.54) is 11.3 Å². The van der Waals surface area contributed by atoms with Crippen molar-refractivity contribution in [1.82, 2.24) is 0 Å². The number of anilines is 1. The van der Waals surface area contributed by atoms with Crippen LogP contribution in [0.4, 0.5) is 9.80 Å². The van der Waals surface area contributed by atoms with Gasteiger partial charge in [-0.05, 0) is 45.4 Å². The zero-order valence-electron chi connectivity index (χ0n) is 11.0. The van der Waals surface area contributed by atoms with Crippen LogP contribution in [-0.4, -0.2) is 18.2 Å². The van der Waals surface area contributed by atoms with Crippen LogP contribution in [0.5, 0.6) is 0 Å². The molecule has 5 heteroatoms. The van der Waals surface area contributed by atoms with E-state index in [1.54, 1.807) is 0 Å². The summed E-state index contributed by atoms with van der Waals surface area (Å²) in [6, 6.07) is 1.90. The Morgan fingerprint density at radius 1 is 1.56 bits per heavy atom. The molecule has 0 radical (unpaired) electrons. The summed E-state index contributed by atoms with van der Waals surface area (Å²) in [7, 11) is 0. The highest BCUT2D eigenvalue weighted by atomic mass is 32.1. The molecule has 0 saturated heterocycles. The molecule has 0 aromatic carbocycles. The number of carbonyl (C=O) groups is 1. The van der Waals surface area contributed by atoms with Crippen molar-refractivity contribution in [2.45, 2.75) is 32.8 Å². The van der Waals surface area contributed by atoms with Crippen molar-refractivity contribution in [3.05, 3.63) is 23.1 Å². The Hall–Kier alpha value is -1.33. The lowest BCUT2D eigenvalue weighted by molar-refractivity contribution is 0.0636. The predicted octanol–water partition coefficient (Wildman–Crippen LogP) is 3.46. The number of hydrogen-bond donors (Lipinski definition) is 2. The standard InChI is InChI=1S/C13H20N2O2S/c1-13(2,3)17-12(16)15-11-8-10(9-18-11)6-4-5-7-14/h4,6,8-9H,5,7,14H2,1-3H3,(H,15,16). The van der Waals surface area contributed by atoms with Crippen LogP contribution in [0.2, 0.25) is 0 Å². The van der Waals surface area contributed by atoms with Gasteiger partial charge in [0.1, 0.15) is 5.60 Å². The molecule has 0 aliphatic rings. The fourth-order valence-corrected chi connectivity index (χ4v) is 1.98. The first-order valence-corrected chi connectivity index (χ1v) is 6.74. The van der Waals surface area contributed by atoms with Crippen LogP contribution in [0.25, 0.3) is 6.08 Å². The predicted molar refractivity (Wildman–Crippen MR) is 76.9 cm³/mol. The summed E-state index contributed by atoms with van der Waals surface area (Å²) in [5, 5.41) is 5.45.